The second-order valence-corrected chi connectivity index (χ2v) is 5.90. The molecule has 0 aromatic heterocycles. The van der Waals surface area contributed by atoms with E-state index in [0.29, 0.717) is 17.9 Å². The Balaban J connectivity index is 1.52. The third kappa shape index (κ3) is 4.94. The van der Waals surface area contributed by atoms with Gasteiger partial charge in [-0.2, -0.15) is 5.10 Å². The lowest BCUT2D eigenvalue weighted by molar-refractivity contribution is -0.123. The van der Waals surface area contributed by atoms with E-state index in [9.17, 15) is 9.59 Å². The van der Waals surface area contributed by atoms with E-state index in [1.54, 1.807) is 37.4 Å². The van der Waals surface area contributed by atoms with E-state index in [4.69, 9.17) is 9.47 Å². The largest absolute Gasteiger partial charge is 0.484 e. The summed E-state index contributed by atoms with van der Waals surface area (Å²) in [6.45, 7) is 1.87. The lowest BCUT2D eigenvalue weighted by atomic mass is 10.1. The number of amides is 1. The molecule has 142 valence electrons. The molecule has 0 saturated carbocycles. The van der Waals surface area contributed by atoms with Gasteiger partial charge in [-0.1, -0.05) is 42.5 Å². The molecule has 0 aliphatic heterocycles. The van der Waals surface area contributed by atoms with Gasteiger partial charge in [0.05, 0.1) is 18.4 Å². The zero-order valence-corrected chi connectivity index (χ0v) is 15.4. The van der Waals surface area contributed by atoms with Crippen LogP contribution < -0.4 is 10.2 Å². The monoisotopic (exact) mass is 376 g/mol. The summed E-state index contributed by atoms with van der Waals surface area (Å²) in [5.74, 6) is -0.304. The lowest BCUT2D eigenvalue weighted by Gasteiger charge is -2.06. The van der Waals surface area contributed by atoms with E-state index in [0.717, 1.165) is 16.3 Å². The Kier molecular flexibility index (Phi) is 6.36. The molecule has 0 unspecified atom stereocenters. The van der Waals surface area contributed by atoms with Crippen LogP contribution in [0.3, 0.4) is 0 Å². The summed E-state index contributed by atoms with van der Waals surface area (Å²) in [5.41, 5.74) is 3.78. The third-order valence-corrected chi connectivity index (χ3v) is 3.95. The molecule has 3 aromatic rings. The van der Waals surface area contributed by atoms with Gasteiger partial charge in [0, 0.05) is 5.56 Å². The maximum atomic E-state index is 11.9. The third-order valence-electron chi connectivity index (χ3n) is 3.95. The van der Waals surface area contributed by atoms with Gasteiger partial charge in [-0.15, -0.1) is 0 Å². The maximum absolute atomic E-state index is 11.9. The molecule has 6 heteroatoms. The topological polar surface area (TPSA) is 77.0 Å². The summed E-state index contributed by atoms with van der Waals surface area (Å²) in [4.78, 5) is 23.5. The average molecular weight is 376 g/mol. The number of benzene rings is 3. The van der Waals surface area contributed by atoms with Crippen LogP contribution in [0.4, 0.5) is 0 Å². The Labute approximate surface area is 162 Å². The van der Waals surface area contributed by atoms with Crippen molar-refractivity contribution in [3.8, 4) is 5.75 Å². The van der Waals surface area contributed by atoms with Crippen molar-refractivity contribution < 1.29 is 19.1 Å². The van der Waals surface area contributed by atoms with E-state index >= 15 is 0 Å². The predicted octanol–water partition coefficient (Wildman–Crippen LogP) is 3.55. The summed E-state index contributed by atoms with van der Waals surface area (Å²) >= 11 is 0. The van der Waals surface area contributed by atoms with E-state index in [2.05, 4.69) is 10.5 Å². The minimum atomic E-state index is -0.394. The zero-order chi connectivity index (χ0) is 19.8. The Bertz CT molecular complexity index is 992. The number of nitrogens with one attached hydrogen (secondary N) is 1. The second-order valence-electron chi connectivity index (χ2n) is 5.90. The van der Waals surface area contributed by atoms with Gasteiger partial charge < -0.3 is 9.47 Å². The second kappa shape index (κ2) is 9.32. The quantitative estimate of drug-likeness (QED) is 0.389. The van der Waals surface area contributed by atoms with Crippen LogP contribution in [0.25, 0.3) is 10.8 Å². The number of rotatable bonds is 7. The molecule has 3 aromatic carbocycles. The Morgan fingerprint density at radius 1 is 1.00 bits per heavy atom. The van der Waals surface area contributed by atoms with Gasteiger partial charge >= 0.3 is 5.97 Å². The lowest BCUT2D eigenvalue weighted by Crippen LogP contribution is -2.24. The molecule has 0 aliphatic carbocycles. The van der Waals surface area contributed by atoms with Gasteiger partial charge in [0.2, 0.25) is 0 Å². The average Bonchev–Trinajstić information content (AvgIpc) is 2.73. The molecule has 1 N–H and O–H groups in total. The summed E-state index contributed by atoms with van der Waals surface area (Å²) < 4.78 is 10.3. The molecule has 0 saturated heterocycles. The molecule has 1 amide bonds. The Morgan fingerprint density at radius 2 is 1.75 bits per heavy atom. The van der Waals surface area contributed by atoms with Crippen LogP contribution in [0.15, 0.2) is 71.8 Å². The van der Waals surface area contributed by atoms with Crippen molar-refractivity contribution in [3.63, 3.8) is 0 Å². The van der Waals surface area contributed by atoms with Crippen LogP contribution in [-0.4, -0.2) is 31.3 Å². The van der Waals surface area contributed by atoms with E-state index in [-0.39, 0.29) is 12.5 Å². The molecule has 0 spiro atoms. The highest BCUT2D eigenvalue weighted by atomic mass is 16.5. The number of hydrogen-bond donors (Lipinski definition) is 1. The molecule has 0 heterocycles. The number of hydrogen-bond acceptors (Lipinski definition) is 5. The molecule has 28 heavy (non-hydrogen) atoms. The number of ether oxygens (including phenoxy) is 2. The van der Waals surface area contributed by atoms with Crippen molar-refractivity contribution in [1.29, 1.82) is 0 Å². The molecule has 3 rings (SSSR count). The van der Waals surface area contributed by atoms with Crippen LogP contribution in [0.5, 0.6) is 5.75 Å². The normalized spacial score (nSPS) is 10.8. The highest BCUT2D eigenvalue weighted by Gasteiger charge is 2.07. The van der Waals surface area contributed by atoms with Crippen molar-refractivity contribution in [2.45, 2.75) is 6.92 Å². The van der Waals surface area contributed by atoms with E-state index < -0.39 is 5.97 Å². The Hall–Kier alpha value is -3.67. The summed E-state index contributed by atoms with van der Waals surface area (Å²) in [5, 5.41) is 6.16. The van der Waals surface area contributed by atoms with Crippen molar-refractivity contribution in [3.05, 3.63) is 77.9 Å². The first kappa shape index (κ1) is 19.1. The van der Waals surface area contributed by atoms with Crippen molar-refractivity contribution in [1.82, 2.24) is 5.43 Å². The molecule has 0 aliphatic rings. The molecule has 0 radical (unpaired) electrons. The molecule has 0 fully saturated rings. The number of nitrogens with zero attached hydrogens (tertiary/aromatic N) is 1. The number of hydrazone groups is 1. The van der Waals surface area contributed by atoms with Crippen LogP contribution in [0.2, 0.25) is 0 Å². The highest BCUT2D eigenvalue weighted by molar-refractivity contribution is 6.00. The molecule has 0 atom stereocenters. The number of fused-ring (bicyclic) bond motifs is 1. The smallest absolute Gasteiger partial charge is 0.338 e. The maximum Gasteiger partial charge on any atom is 0.338 e. The van der Waals surface area contributed by atoms with Crippen LogP contribution in [-0.2, 0) is 9.53 Å². The first-order valence-electron chi connectivity index (χ1n) is 8.87. The molecule has 6 nitrogen and oxygen atoms in total. The van der Waals surface area contributed by atoms with Gasteiger partial charge in [0.1, 0.15) is 5.75 Å². The number of esters is 1. The highest BCUT2D eigenvalue weighted by Crippen LogP contribution is 2.16. The predicted molar refractivity (Wildman–Crippen MR) is 108 cm³/mol. The van der Waals surface area contributed by atoms with Gasteiger partial charge in [-0.05, 0) is 42.0 Å². The van der Waals surface area contributed by atoms with Crippen molar-refractivity contribution >= 4 is 28.9 Å². The van der Waals surface area contributed by atoms with Gasteiger partial charge in [0.15, 0.2) is 6.61 Å². The minimum Gasteiger partial charge on any atom is -0.484 e. The number of carbonyl (C=O) groups excluding carboxylic acids is 2. The van der Waals surface area contributed by atoms with Crippen molar-refractivity contribution in [2.75, 3.05) is 13.2 Å². The van der Waals surface area contributed by atoms with Gasteiger partial charge in [-0.25, -0.2) is 10.2 Å². The standard InChI is InChI=1S/C22H20N2O4/c1-2-27-22(26)17-10-12-19(13-11-17)28-15-21(25)24-23-14-18-8-5-7-16-6-3-4-9-20(16)18/h3-14H,2,15H2,1H3,(H,24,25)/b23-14+. The fourth-order valence-electron chi connectivity index (χ4n) is 2.62. The van der Waals surface area contributed by atoms with E-state index in [1.165, 1.54) is 0 Å². The zero-order valence-electron chi connectivity index (χ0n) is 15.4. The number of carbonyl (C=O) groups is 2. The SMILES string of the molecule is CCOC(=O)c1ccc(OCC(=O)N/N=C/c2cccc3ccccc23)cc1. The summed E-state index contributed by atoms with van der Waals surface area (Å²) in [7, 11) is 0. The van der Waals surface area contributed by atoms with Gasteiger partial charge in [0.25, 0.3) is 5.91 Å². The summed E-state index contributed by atoms with van der Waals surface area (Å²) in [6.07, 6.45) is 1.61. The van der Waals surface area contributed by atoms with E-state index in [1.807, 2.05) is 42.5 Å². The fraction of sp³-hybridized carbons (Fsp3) is 0.136. The van der Waals surface area contributed by atoms with Crippen LogP contribution in [0.1, 0.15) is 22.8 Å². The van der Waals surface area contributed by atoms with Crippen LogP contribution >= 0.6 is 0 Å². The minimum absolute atomic E-state index is 0.189. The molecular formula is C22H20N2O4. The Morgan fingerprint density at radius 3 is 2.54 bits per heavy atom. The molecule has 0 bridgehead atoms. The first-order valence-corrected chi connectivity index (χ1v) is 8.87. The van der Waals surface area contributed by atoms with Crippen molar-refractivity contribution in [2.24, 2.45) is 5.10 Å². The summed E-state index contributed by atoms with van der Waals surface area (Å²) in [6, 6.07) is 20.2. The fourth-order valence-corrected chi connectivity index (χ4v) is 2.62. The van der Waals surface area contributed by atoms with Gasteiger partial charge in [-0.3, -0.25) is 4.79 Å². The first-order chi connectivity index (χ1) is 13.7. The molecular weight excluding hydrogens is 356 g/mol. The van der Waals surface area contributed by atoms with Crippen LogP contribution in [0, 0.1) is 0 Å².